The molecule has 1 amide bonds. The SMILES string of the molecule is C[C@@H](Sc1nnc(-c2ccccc2)n1Cc1ccc2c(c1)OCO2)C(=O)NCc1ccco1. The molecule has 8 nitrogen and oxygen atoms in total. The summed E-state index contributed by atoms with van der Waals surface area (Å²) in [4.78, 5) is 12.7. The molecule has 9 heteroatoms. The first-order chi connectivity index (χ1) is 16.2. The smallest absolute Gasteiger partial charge is 0.233 e. The van der Waals surface area contributed by atoms with E-state index in [9.17, 15) is 4.79 Å². The Balaban J connectivity index is 1.38. The lowest BCUT2D eigenvalue weighted by Crippen LogP contribution is -2.30. The Morgan fingerprint density at radius 3 is 2.76 bits per heavy atom. The summed E-state index contributed by atoms with van der Waals surface area (Å²) in [6, 6.07) is 19.4. The first-order valence-corrected chi connectivity index (χ1v) is 11.4. The van der Waals surface area contributed by atoms with Crippen LogP contribution in [0, 0.1) is 0 Å². The number of nitrogens with zero attached hydrogens (tertiary/aromatic N) is 3. The lowest BCUT2D eigenvalue weighted by molar-refractivity contribution is -0.120. The molecule has 33 heavy (non-hydrogen) atoms. The average molecular weight is 463 g/mol. The van der Waals surface area contributed by atoms with Crippen molar-refractivity contribution in [3.05, 3.63) is 78.3 Å². The molecule has 0 unspecified atom stereocenters. The molecule has 1 aliphatic heterocycles. The molecule has 0 aliphatic carbocycles. The molecule has 1 atom stereocenters. The fraction of sp³-hybridized carbons (Fsp3) is 0.208. The van der Waals surface area contributed by atoms with Crippen molar-refractivity contribution in [1.29, 1.82) is 0 Å². The molecule has 2 aromatic carbocycles. The van der Waals surface area contributed by atoms with Gasteiger partial charge in [-0.1, -0.05) is 48.2 Å². The third kappa shape index (κ3) is 4.73. The molecule has 1 N–H and O–H groups in total. The second kappa shape index (κ2) is 9.41. The van der Waals surface area contributed by atoms with Crippen LogP contribution in [0.5, 0.6) is 11.5 Å². The molecule has 0 saturated heterocycles. The summed E-state index contributed by atoms with van der Waals surface area (Å²) >= 11 is 1.37. The van der Waals surface area contributed by atoms with E-state index >= 15 is 0 Å². The first kappa shape index (κ1) is 21.1. The fourth-order valence-corrected chi connectivity index (χ4v) is 4.36. The van der Waals surface area contributed by atoms with Crippen LogP contribution >= 0.6 is 11.8 Å². The van der Waals surface area contributed by atoms with Crippen LogP contribution in [0.2, 0.25) is 0 Å². The van der Waals surface area contributed by atoms with E-state index in [4.69, 9.17) is 13.9 Å². The highest BCUT2D eigenvalue weighted by atomic mass is 32.2. The number of rotatable bonds is 8. The van der Waals surface area contributed by atoms with Gasteiger partial charge in [0.05, 0.1) is 24.6 Å². The summed E-state index contributed by atoms with van der Waals surface area (Å²) in [5, 5.41) is 12.0. The standard InChI is InChI=1S/C24H22N4O4S/c1-16(23(29)25-13-19-8-5-11-30-19)33-24-27-26-22(18-6-3-2-4-7-18)28(24)14-17-9-10-20-21(12-17)32-15-31-20/h2-12,16H,13-15H2,1H3,(H,25,29)/t16-/m1/s1. The molecule has 0 radical (unpaired) electrons. The van der Waals surface area contributed by atoms with E-state index in [1.165, 1.54) is 11.8 Å². The van der Waals surface area contributed by atoms with Gasteiger partial charge in [-0.05, 0) is 36.8 Å². The van der Waals surface area contributed by atoms with Gasteiger partial charge in [0.15, 0.2) is 22.5 Å². The summed E-state index contributed by atoms with van der Waals surface area (Å²) in [7, 11) is 0. The minimum atomic E-state index is -0.372. The summed E-state index contributed by atoms with van der Waals surface area (Å²) in [6.07, 6.45) is 1.59. The molecule has 0 fully saturated rings. The van der Waals surface area contributed by atoms with Gasteiger partial charge in [0.1, 0.15) is 5.76 Å². The Hall–Kier alpha value is -3.72. The van der Waals surface area contributed by atoms with Gasteiger partial charge in [-0.15, -0.1) is 10.2 Å². The topological polar surface area (TPSA) is 91.4 Å². The van der Waals surface area contributed by atoms with Crippen molar-refractivity contribution >= 4 is 17.7 Å². The van der Waals surface area contributed by atoms with Crippen LogP contribution in [0.3, 0.4) is 0 Å². The van der Waals surface area contributed by atoms with Gasteiger partial charge in [-0.3, -0.25) is 9.36 Å². The number of carbonyl (C=O) groups excluding carboxylic acids is 1. The van der Waals surface area contributed by atoms with Crippen molar-refractivity contribution in [2.45, 2.75) is 30.4 Å². The number of fused-ring (bicyclic) bond motifs is 1. The highest BCUT2D eigenvalue weighted by Crippen LogP contribution is 2.34. The Morgan fingerprint density at radius 2 is 1.94 bits per heavy atom. The van der Waals surface area contributed by atoms with Crippen molar-refractivity contribution in [3.63, 3.8) is 0 Å². The zero-order valence-electron chi connectivity index (χ0n) is 17.9. The van der Waals surface area contributed by atoms with E-state index in [2.05, 4.69) is 15.5 Å². The third-order valence-electron chi connectivity index (χ3n) is 5.19. The zero-order valence-corrected chi connectivity index (χ0v) is 18.7. The van der Waals surface area contributed by atoms with E-state index in [0.29, 0.717) is 24.0 Å². The van der Waals surface area contributed by atoms with Crippen LogP contribution in [-0.4, -0.2) is 32.7 Å². The quantitative estimate of drug-likeness (QED) is 0.394. The van der Waals surface area contributed by atoms with Gasteiger partial charge in [-0.2, -0.15) is 0 Å². The fourth-order valence-electron chi connectivity index (χ4n) is 3.48. The third-order valence-corrected chi connectivity index (χ3v) is 6.28. The molecule has 4 aromatic rings. The van der Waals surface area contributed by atoms with Gasteiger partial charge in [0, 0.05) is 5.56 Å². The average Bonchev–Trinajstić information content (AvgIpc) is 3.60. The first-order valence-electron chi connectivity index (χ1n) is 10.5. The molecule has 5 rings (SSSR count). The van der Waals surface area contributed by atoms with Crippen LogP contribution in [0.1, 0.15) is 18.2 Å². The number of nitrogens with one attached hydrogen (secondary N) is 1. The minimum Gasteiger partial charge on any atom is -0.467 e. The highest BCUT2D eigenvalue weighted by molar-refractivity contribution is 8.00. The molecule has 2 aromatic heterocycles. The van der Waals surface area contributed by atoms with E-state index in [0.717, 1.165) is 28.5 Å². The number of carbonyl (C=O) groups is 1. The van der Waals surface area contributed by atoms with Crippen molar-refractivity contribution in [3.8, 4) is 22.9 Å². The van der Waals surface area contributed by atoms with Crippen LogP contribution < -0.4 is 14.8 Å². The van der Waals surface area contributed by atoms with E-state index in [1.54, 1.807) is 12.3 Å². The summed E-state index contributed by atoms with van der Waals surface area (Å²) < 4.78 is 18.3. The summed E-state index contributed by atoms with van der Waals surface area (Å²) in [6.45, 7) is 2.95. The number of benzene rings is 2. The number of thioether (sulfide) groups is 1. The number of amides is 1. The second-order valence-corrected chi connectivity index (χ2v) is 8.81. The van der Waals surface area contributed by atoms with Gasteiger partial charge in [0.25, 0.3) is 0 Å². The molecule has 1 aliphatic rings. The van der Waals surface area contributed by atoms with Crippen LogP contribution in [0.4, 0.5) is 0 Å². The van der Waals surface area contributed by atoms with Crippen molar-refractivity contribution < 1.29 is 18.7 Å². The maximum absolute atomic E-state index is 12.7. The molecule has 0 spiro atoms. The van der Waals surface area contributed by atoms with Gasteiger partial charge in [0.2, 0.25) is 12.7 Å². The molecular formula is C24H22N4O4S. The summed E-state index contributed by atoms with van der Waals surface area (Å²) in [5.74, 6) is 2.80. The van der Waals surface area contributed by atoms with Crippen LogP contribution in [0.25, 0.3) is 11.4 Å². The van der Waals surface area contributed by atoms with E-state index < -0.39 is 0 Å². The van der Waals surface area contributed by atoms with Gasteiger partial charge in [-0.25, -0.2) is 0 Å². The largest absolute Gasteiger partial charge is 0.467 e. The normalized spacial score (nSPS) is 13.1. The number of furan rings is 1. The number of aromatic nitrogens is 3. The molecule has 0 bridgehead atoms. The van der Waals surface area contributed by atoms with Crippen LogP contribution in [0.15, 0.2) is 76.5 Å². The van der Waals surface area contributed by atoms with Crippen molar-refractivity contribution in [2.24, 2.45) is 0 Å². The number of hydrogen-bond donors (Lipinski definition) is 1. The maximum atomic E-state index is 12.7. The van der Waals surface area contributed by atoms with Crippen LogP contribution in [-0.2, 0) is 17.9 Å². The van der Waals surface area contributed by atoms with E-state index in [1.807, 2.05) is 66.1 Å². The summed E-state index contributed by atoms with van der Waals surface area (Å²) in [5.41, 5.74) is 1.97. The van der Waals surface area contributed by atoms with Crippen molar-refractivity contribution in [1.82, 2.24) is 20.1 Å². The Kier molecular flexibility index (Phi) is 6.03. The predicted molar refractivity (Wildman–Crippen MR) is 123 cm³/mol. The molecule has 0 saturated carbocycles. The number of hydrogen-bond acceptors (Lipinski definition) is 7. The monoisotopic (exact) mass is 462 g/mol. The highest BCUT2D eigenvalue weighted by Gasteiger charge is 2.22. The Bertz CT molecular complexity index is 1240. The van der Waals surface area contributed by atoms with Gasteiger partial charge < -0.3 is 19.2 Å². The minimum absolute atomic E-state index is 0.102. The Labute approximate surface area is 194 Å². The maximum Gasteiger partial charge on any atom is 0.233 e. The van der Waals surface area contributed by atoms with Crippen molar-refractivity contribution in [2.75, 3.05) is 6.79 Å². The van der Waals surface area contributed by atoms with E-state index in [-0.39, 0.29) is 18.0 Å². The molecule has 168 valence electrons. The molecule has 3 heterocycles. The lowest BCUT2D eigenvalue weighted by atomic mass is 10.2. The number of ether oxygens (including phenoxy) is 2. The Morgan fingerprint density at radius 1 is 1.09 bits per heavy atom. The lowest BCUT2D eigenvalue weighted by Gasteiger charge is -2.14. The molecular weight excluding hydrogens is 440 g/mol. The van der Waals surface area contributed by atoms with Gasteiger partial charge >= 0.3 is 0 Å². The zero-order chi connectivity index (χ0) is 22.6. The second-order valence-electron chi connectivity index (χ2n) is 7.50. The predicted octanol–water partition coefficient (Wildman–Crippen LogP) is 4.11.